The van der Waals surface area contributed by atoms with Gasteiger partial charge in [0.15, 0.2) is 0 Å². The van der Waals surface area contributed by atoms with Crippen molar-refractivity contribution >= 4 is 44.9 Å². The van der Waals surface area contributed by atoms with E-state index in [1.54, 1.807) is 24.3 Å². The van der Waals surface area contributed by atoms with Gasteiger partial charge in [0.1, 0.15) is 0 Å². The Labute approximate surface area is 162 Å². The minimum absolute atomic E-state index is 0.141. The lowest BCUT2D eigenvalue weighted by Crippen LogP contribution is -2.48. The maximum atomic E-state index is 12.8. The Balaban J connectivity index is 1.73. The average molecular weight is 414 g/mol. The minimum Gasteiger partial charge on any atom is -0.321 e. The SMILES string of the molecule is O=C(Nc1ccccc1Cl)N[C@H]1CCCN1S(=O)(=O)c1ccc(Cl)cc1. The van der Waals surface area contributed by atoms with Crippen molar-refractivity contribution in [1.29, 1.82) is 0 Å². The number of carbonyl (C=O) groups excluding carboxylic acids is 1. The Kier molecular flexibility index (Phi) is 5.72. The maximum Gasteiger partial charge on any atom is 0.320 e. The van der Waals surface area contributed by atoms with E-state index < -0.39 is 22.2 Å². The molecular formula is C17H17Cl2N3O3S. The summed E-state index contributed by atoms with van der Waals surface area (Å²) < 4.78 is 27.0. The summed E-state index contributed by atoms with van der Waals surface area (Å²) in [7, 11) is -3.73. The molecule has 0 spiro atoms. The smallest absolute Gasteiger partial charge is 0.320 e. The first-order valence-corrected chi connectivity index (χ1v) is 10.2. The fraction of sp³-hybridized carbons (Fsp3) is 0.235. The number of anilines is 1. The van der Waals surface area contributed by atoms with Crippen molar-refractivity contribution in [2.24, 2.45) is 0 Å². The van der Waals surface area contributed by atoms with E-state index in [4.69, 9.17) is 23.2 Å². The lowest BCUT2D eigenvalue weighted by atomic mass is 10.3. The minimum atomic E-state index is -3.73. The molecule has 2 aromatic carbocycles. The van der Waals surface area contributed by atoms with Crippen LogP contribution in [0.15, 0.2) is 53.4 Å². The third-order valence-corrected chi connectivity index (χ3v) is 6.55. The normalized spacial score (nSPS) is 17.8. The molecule has 1 aliphatic rings. The molecule has 0 saturated carbocycles. The van der Waals surface area contributed by atoms with Crippen molar-refractivity contribution < 1.29 is 13.2 Å². The van der Waals surface area contributed by atoms with Crippen molar-refractivity contribution in [2.45, 2.75) is 23.9 Å². The molecule has 2 N–H and O–H groups in total. The van der Waals surface area contributed by atoms with Gasteiger partial charge in [0, 0.05) is 11.6 Å². The zero-order valence-electron chi connectivity index (χ0n) is 13.7. The van der Waals surface area contributed by atoms with Crippen molar-refractivity contribution in [1.82, 2.24) is 9.62 Å². The Morgan fingerprint density at radius 3 is 2.46 bits per heavy atom. The molecule has 0 bridgehead atoms. The number of hydrogen-bond acceptors (Lipinski definition) is 3. The average Bonchev–Trinajstić information content (AvgIpc) is 3.06. The number of halogens is 2. The van der Waals surface area contributed by atoms with Crippen LogP contribution in [0.1, 0.15) is 12.8 Å². The quantitative estimate of drug-likeness (QED) is 0.796. The number of hydrogen-bond donors (Lipinski definition) is 2. The molecule has 0 aromatic heterocycles. The molecule has 0 radical (unpaired) electrons. The zero-order valence-corrected chi connectivity index (χ0v) is 16.0. The molecule has 1 saturated heterocycles. The predicted molar refractivity (Wildman–Crippen MR) is 102 cm³/mol. The van der Waals surface area contributed by atoms with E-state index in [9.17, 15) is 13.2 Å². The summed E-state index contributed by atoms with van der Waals surface area (Å²) in [6, 6.07) is 12.3. The van der Waals surface area contributed by atoms with E-state index in [0.29, 0.717) is 35.1 Å². The first kappa shape index (κ1) is 19.0. The first-order chi connectivity index (χ1) is 12.4. The second-order valence-corrected chi connectivity index (χ2v) is 8.54. The molecule has 9 heteroatoms. The summed E-state index contributed by atoms with van der Waals surface area (Å²) in [5.41, 5.74) is 0.455. The van der Waals surface area contributed by atoms with E-state index in [1.165, 1.54) is 28.6 Å². The molecule has 1 heterocycles. The van der Waals surface area contributed by atoms with Crippen LogP contribution in [-0.4, -0.2) is 31.5 Å². The Morgan fingerprint density at radius 2 is 1.77 bits per heavy atom. The van der Waals surface area contributed by atoms with Crippen molar-refractivity contribution in [3.05, 3.63) is 58.6 Å². The molecule has 6 nitrogen and oxygen atoms in total. The second kappa shape index (κ2) is 7.84. The van der Waals surface area contributed by atoms with E-state index >= 15 is 0 Å². The molecule has 1 atom stereocenters. The first-order valence-electron chi connectivity index (χ1n) is 7.97. The summed E-state index contributed by atoms with van der Waals surface area (Å²) in [4.78, 5) is 12.4. The maximum absolute atomic E-state index is 12.8. The third kappa shape index (κ3) is 4.12. The fourth-order valence-corrected chi connectivity index (χ4v) is 4.71. The lowest BCUT2D eigenvalue weighted by Gasteiger charge is -2.25. The molecular weight excluding hydrogens is 397 g/mol. The van der Waals surface area contributed by atoms with Gasteiger partial charge in [-0.2, -0.15) is 4.31 Å². The highest BCUT2D eigenvalue weighted by Crippen LogP contribution is 2.26. The molecule has 1 fully saturated rings. The van der Waals surface area contributed by atoms with Crippen molar-refractivity contribution in [3.8, 4) is 0 Å². The molecule has 138 valence electrons. The number of urea groups is 1. The molecule has 2 aromatic rings. The number of amides is 2. The van der Waals surface area contributed by atoms with Gasteiger partial charge in [-0.15, -0.1) is 0 Å². The summed E-state index contributed by atoms with van der Waals surface area (Å²) in [6.07, 6.45) is 0.560. The van der Waals surface area contributed by atoms with Crippen molar-refractivity contribution in [3.63, 3.8) is 0 Å². The van der Waals surface area contributed by atoms with Gasteiger partial charge < -0.3 is 10.6 Å². The van der Waals surface area contributed by atoms with E-state index in [2.05, 4.69) is 10.6 Å². The molecule has 2 amide bonds. The van der Waals surface area contributed by atoms with E-state index in [0.717, 1.165) is 0 Å². The summed E-state index contributed by atoms with van der Waals surface area (Å²) >= 11 is 11.8. The molecule has 0 unspecified atom stereocenters. The van der Waals surface area contributed by atoms with Crippen LogP contribution in [0.2, 0.25) is 10.0 Å². The van der Waals surface area contributed by atoms with Gasteiger partial charge in [-0.05, 0) is 49.2 Å². The Morgan fingerprint density at radius 1 is 1.08 bits per heavy atom. The second-order valence-electron chi connectivity index (χ2n) is 5.81. The molecule has 0 aliphatic carbocycles. The van der Waals surface area contributed by atoms with Crippen LogP contribution >= 0.6 is 23.2 Å². The van der Waals surface area contributed by atoms with E-state index in [-0.39, 0.29) is 4.90 Å². The van der Waals surface area contributed by atoms with Crippen LogP contribution < -0.4 is 10.6 Å². The molecule has 1 aliphatic heterocycles. The summed E-state index contributed by atoms with van der Waals surface area (Å²) in [5.74, 6) is 0. The number of nitrogens with one attached hydrogen (secondary N) is 2. The molecule has 3 rings (SSSR count). The highest BCUT2D eigenvalue weighted by Gasteiger charge is 2.36. The highest BCUT2D eigenvalue weighted by atomic mass is 35.5. The van der Waals surface area contributed by atoms with Crippen molar-refractivity contribution in [2.75, 3.05) is 11.9 Å². The lowest BCUT2D eigenvalue weighted by molar-refractivity contribution is 0.240. The third-order valence-electron chi connectivity index (χ3n) is 4.04. The summed E-state index contributed by atoms with van der Waals surface area (Å²) in [6.45, 7) is 0.335. The predicted octanol–water partition coefficient (Wildman–Crippen LogP) is 3.93. The van der Waals surface area contributed by atoms with Crippen LogP contribution in [-0.2, 0) is 10.0 Å². The van der Waals surface area contributed by atoms with Crippen LogP contribution in [0.25, 0.3) is 0 Å². The van der Waals surface area contributed by atoms with Crippen LogP contribution in [0.4, 0.5) is 10.5 Å². The van der Waals surface area contributed by atoms with Gasteiger partial charge >= 0.3 is 6.03 Å². The largest absolute Gasteiger partial charge is 0.321 e. The number of sulfonamides is 1. The van der Waals surface area contributed by atoms with Crippen LogP contribution in [0.5, 0.6) is 0 Å². The van der Waals surface area contributed by atoms with Gasteiger partial charge in [0.2, 0.25) is 10.0 Å². The number of carbonyl (C=O) groups is 1. The van der Waals surface area contributed by atoms with Crippen LogP contribution in [0, 0.1) is 0 Å². The topological polar surface area (TPSA) is 78.5 Å². The van der Waals surface area contributed by atoms with E-state index in [1.807, 2.05) is 0 Å². The van der Waals surface area contributed by atoms with Gasteiger partial charge in [-0.3, -0.25) is 0 Å². The van der Waals surface area contributed by atoms with Gasteiger partial charge in [-0.1, -0.05) is 35.3 Å². The number of rotatable bonds is 4. The standard InChI is InChI=1S/C17H17Cl2N3O3S/c18-12-7-9-13(10-8-12)26(24,25)22-11-3-6-16(22)21-17(23)20-15-5-2-1-4-14(15)19/h1-2,4-5,7-10,16H,3,6,11H2,(H2,20,21,23)/t16-/m1/s1. The molecule has 26 heavy (non-hydrogen) atoms. The Bertz CT molecular complexity index is 904. The van der Waals surface area contributed by atoms with Gasteiger partial charge in [0.05, 0.1) is 21.8 Å². The zero-order chi connectivity index (χ0) is 18.7. The summed E-state index contributed by atoms with van der Waals surface area (Å²) in [5, 5.41) is 6.20. The number of nitrogens with zero attached hydrogens (tertiary/aromatic N) is 1. The number of para-hydroxylation sites is 1. The van der Waals surface area contributed by atoms with Gasteiger partial charge in [-0.25, -0.2) is 13.2 Å². The monoisotopic (exact) mass is 413 g/mol. The van der Waals surface area contributed by atoms with Crippen LogP contribution in [0.3, 0.4) is 0 Å². The van der Waals surface area contributed by atoms with Gasteiger partial charge in [0.25, 0.3) is 0 Å². The highest BCUT2D eigenvalue weighted by molar-refractivity contribution is 7.89. The Hall–Kier alpha value is -1.80. The number of benzene rings is 2. The fourth-order valence-electron chi connectivity index (χ4n) is 2.79.